The zero-order valence-electron chi connectivity index (χ0n) is 15.9. The van der Waals surface area contributed by atoms with Gasteiger partial charge in [0.1, 0.15) is 0 Å². The van der Waals surface area contributed by atoms with Crippen LogP contribution in [0.25, 0.3) is 0 Å². The van der Waals surface area contributed by atoms with Crippen molar-refractivity contribution < 1.29 is 14.3 Å². The van der Waals surface area contributed by atoms with Gasteiger partial charge in [0.15, 0.2) is 6.04 Å². The molecule has 0 bridgehead atoms. The number of ether oxygens (including phenoxy) is 1. The molecule has 0 radical (unpaired) electrons. The van der Waals surface area contributed by atoms with Crippen LogP contribution in [0, 0.1) is 0 Å². The average Bonchev–Trinajstić information content (AvgIpc) is 3.18. The van der Waals surface area contributed by atoms with E-state index in [2.05, 4.69) is 33.9 Å². The number of hydrogen-bond acceptors (Lipinski definition) is 5. The van der Waals surface area contributed by atoms with Crippen LogP contribution in [0.1, 0.15) is 36.6 Å². The number of hydrogen-bond donors (Lipinski definition) is 1. The van der Waals surface area contributed by atoms with Crippen molar-refractivity contribution in [3.8, 4) is 0 Å². The number of rotatable bonds is 8. The third-order valence-corrected chi connectivity index (χ3v) is 4.59. The molecule has 2 aromatic rings. The first-order chi connectivity index (χ1) is 13.7. The summed E-state index contributed by atoms with van der Waals surface area (Å²) in [5, 5.41) is 10.9. The number of esters is 1. The minimum atomic E-state index is -0.820. The lowest BCUT2D eigenvalue weighted by molar-refractivity contribution is -0.145. The van der Waals surface area contributed by atoms with Gasteiger partial charge in [-0.15, -0.1) is 5.10 Å². The van der Waals surface area contributed by atoms with Crippen LogP contribution in [0.15, 0.2) is 60.3 Å². The first kappa shape index (κ1) is 19.5. The summed E-state index contributed by atoms with van der Waals surface area (Å²) in [4.78, 5) is 24.5. The fourth-order valence-corrected chi connectivity index (χ4v) is 3.08. The van der Waals surface area contributed by atoms with Gasteiger partial charge in [-0.3, -0.25) is 4.79 Å². The molecule has 1 aliphatic rings. The third-order valence-electron chi connectivity index (χ3n) is 4.59. The van der Waals surface area contributed by atoms with E-state index in [-0.39, 0.29) is 12.3 Å². The normalized spacial score (nSPS) is 14.2. The number of carbonyl (C=O) groups is 2. The molecule has 1 aromatic carbocycles. The van der Waals surface area contributed by atoms with Crippen molar-refractivity contribution in [1.29, 1.82) is 0 Å². The van der Waals surface area contributed by atoms with Gasteiger partial charge in [-0.25, -0.2) is 9.48 Å². The van der Waals surface area contributed by atoms with Crippen LogP contribution in [0.2, 0.25) is 0 Å². The second kappa shape index (κ2) is 9.64. The fourth-order valence-electron chi connectivity index (χ4n) is 3.08. The highest BCUT2D eigenvalue weighted by molar-refractivity contribution is 5.85. The molecular formula is C21H24N4O3. The van der Waals surface area contributed by atoms with Crippen molar-refractivity contribution in [1.82, 2.24) is 20.3 Å². The quantitative estimate of drug-likeness (QED) is 0.711. The lowest BCUT2D eigenvalue weighted by Gasteiger charge is -2.17. The number of allylic oxidation sites excluding steroid dienone is 4. The van der Waals surface area contributed by atoms with Gasteiger partial charge in [-0.05, 0) is 30.4 Å². The van der Waals surface area contributed by atoms with E-state index in [0.717, 1.165) is 18.5 Å². The lowest BCUT2D eigenvalue weighted by atomic mass is 10.1. The van der Waals surface area contributed by atoms with E-state index < -0.39 is 12.0 Å². The SMILES string of the molecule is COC(=O)[C@H](NC(=O)CCc1cnnn1CC1=CCCC=C1)c1ccccc1. The van der Waals surface area contributed by atoms with Crippen LogP contribution in [0.5, 0.6) is 0 Å². The van der Waals surface area contributed by atoms with Crippen molar-refractivity contribution in [2.45, 2.75) is 38.3 Å². The molecule has 1 amide bonds. The number of aryl methyl sites for hydroxylation is 1. The Morgan fingerprint density at radius 1 is 1.25 bits per heavy atom. The molecule has 3 rings (SSSR count). The molecule has 0 spiro atoms. The van der Waals surface area contributed by atoms with Gasteiger partial charge in [-0.1, -0.05) is 53.8 Å². The van der Waals surface area contributed by atoms with Gasteiger partial charge < -0.3 is 10.1 Å². The summed E-state index contributed by atoms with van der Waals surface area (Å²) >= 11 is 0. The zero-order chi connectivity index (χ0) is 19.8. The first-order valence-electron chi connectivity index (χ1n) is 9.32. The van der Waals surface area contributed by atoms with Crippen LogP contribution in [0.3, 0.4) is 0 Å². The first-order valence-corrected chi connectivity index (χ1v) is 9.32. The van der Waals surface area contributed by atoms with Crippen LogP contribution < -0.4 is 5.32 Å². The molecular weight excluding hydrogens is 356 g/mol. The molecule has 0 saturated heterocycles. The summed E-state index contributed by atoms with van der Waals surface area (Å²) < 4.78 is 6.64. The van der Waals surface area contributed by atoms with Gasteiger partial charge >= 0.3 is 5.97 Å². The number of nitrogens with zero attached hydrogens (tertiary/aromatic N) is 3. The van der Waals surface area contributed by atoms with Crippen LogP contribution >= 0.6 is 0 Å². The van der Waals surface area contributed by atoms with E-state index in [1.165, 1.54) is 12.7 Å². The van der Waals surface area contributed by atoms with Gasteiger partial charge in [0.2, 0.25) is 5.91 Å². The maximum Gasteiger partial charge on any atom is 0.333 e. The highest BCUT2D eigenvalue weighted by Gasteiger charge is 2.23. The third kappa shape index (κ3) is 5.16. The van der Waals surface area contributed by atoms with Crippen LogP contribution in [-0.2, 0) is 27.3 Å². The Hall–Kier alpha value is -3.22. The molecule has 0 aliphatic heterocycles. The molecule has 146 valence electrons. The van der Waals surface area contributed by atoms with Gasteiger partial charge in [0.25, 0.3) is 0 Å². The Morgan fingerprint density at radius 3 is 2.79 bits per heavy atom. The number of carbonyl (C=O) groups excluding carboxylic acids is 2. The molecule has 1 aromatic heterocycles. The Morgan fingerprint density at radius 2 is 2.07 bits per heavy atom. The topological polar surface area (TPSA) is 86.1 Å². The van der Waals surface area contributed by atoms with Gasteiger partial charge in [-0.2, -0.15) is 0 Å². The fraction of sp³-hybridized carbons (Fsp3) is 0.333. The molecule has 1 N–H and O–H groups in total. The molecule has 28 heavy (non-hydrogen) atoms. The number of benzene rings is 1. The largest absolute Gasteiger partial charge is 0.467 e. The minimum Gasteiger partial charge on any atom is -0.467 e. The maximum atomic E-state index is 12.5. The second-order valence-electron chi connectivity index (χ2n) is 6.58. The molecule has 7 nitrogen and oxygen atoms in total. The van der Waals surface area contributed by atoms with E-state index in [0.29, 0.717) is 18.5 Å². The van der Waals surface area contributed by atoms with E-state index in [9.17, 15) is 9.59 Å². The molecule has 1 atom stereocenters. The van der Waals surface area contributed by atoms with Gasteiger partial charge in [0.05, 0.1) is 25.5 Å². The van der Waals surface area contributed by atoms with E-state index in [1.54, 1.807) is 18.3 Å². The van der Waals surface area contributed by atoms with Crippen LogP contribution in [-0.4, -0.2) is 34.0 Å². The Balaban J connectivity index is 1.59. The highest BCUT2D eigenvalue weighted by Crippen LogP contribution is 2.15. The lowest BCUT2D eigenvalue weighted by Crippen LogP contribution is -2.34. The second-order valence-corrected chi connectivity index (χ2v) is 6.58. The molecule has 1 aliphatic carbocycles. The Labute approximate surface area is 164 Å². The summed E-state index contributed by atoms with van der Waals surface area (Å²) in [7, 11) is 1.31. The van der Waals surface area contributed by atoms with Crippen LogP contribution in [0.4, 0.5) is 0 Å². The van der Waals surface area contributed by atoms with E-state index in [1.807, 2.05) is 22.9 Å². The summed E-state index contributed by atoms with van der Waals surface area (Å²) in [6, 6.07) is 8.23. The maximum absolute atomic E-state index is 12.5. The van der Waals surface area contributed by atoms with Crippen molar-refractivity contribution in [3.05, 3.63) is 71.6 Å². The molecule has 0 saturated carbocycles. The summed E-state index contributed by atoms with van der Waals surface area (Å²) in [5.74, 6) is -0.730. The zero-order valence-corrected chi connectivity index (χ0v) is 15.9. The van der Waals surface area contributed by atoms with E-state index >= 15 is 0 Å². The summed E-state index contributed by atoms with van der Waals surface area (Å²) in [6.45, 7) is 0.641. The molecule has 1 heterocycles. The number of amides is 1. The smallest absolute Gasteiger partial charge is 0.333 e. The average molecular weight is 380 g/mol. The van der Waals surface area contributed by atoms with Crippen molar-refractivity contribution in [3.63, 3.8) is 0 Å². The summed E-state index contributed by atoms with van der Waals surface area (Å²) in [6.07, 6.45) is 10.9. The standard InChI is InChI=1S/C21H24N4O3/c1-28-21(27)20(17-10-6-3-7-11-17)23-19(26)13-12-18-14-22-24-25(18)15-16-8-4-2-5-9-16/h3-4,6-11,14,20H,2,5,12-13,15H2,1H3,(H,23,26)/t20-/m1/s1. The number of methoxy groups -OCH3 is 1. The summed E-state index contributed by atoms with van der Waals surface area (Å²) in [5.41, 5.74) is 2.76. The monoisotopic (exact) mass is 380 g/mol. The highest BCUT2D eigenvalue weighted by atomic mass is 16.5. The molecule has 0 unspecified atom stereocenters. The number of nitrogens with one attached hydrogen (secondary N) is 1. The number of aromatic nitrogens is 3. The predicted molar refractivity (Wildman–Crippen MR) is 104 cm³/mol. The Bertz CT molecular complexity index is 871. The van der Waals surface area contributed by atoms with Gasteiger partial charge in [0, 0.05) is 6.42 Å². The molecule has 0 fully saturated rings. The molecule has 7 heteroatoms. The van der Waals surface area contributed by atoms with E-state index in [4.69, 9.17) is 4.74 Å². The van der Waals surface area contributed by atoms with Crippen molar-refractivity contribution in [2.75, 3.05) is 7.11 Å². The Kier molecular flexibility index (Phi) is 6.73. The van der Waals surface area contributed by atoms with Crippen molar-refractivity contribution in [2.24, 2.45) is 0 Å². The minimum absolute atomic E-state index is 0.225. The van der Waals surface area contributed by atoms with Crippen molar-refractivity contribution >= 4 is 11.9 Å². The predicted octanol–water partition coefficient (Wildman–Crippen LogP) is 2.52.